The Morgan fingerprint density at radius 2 is 2.24 bits per heavy atom. The van der Waals surface area contributed by atoms with Gasteiger partial charge in [-0.2, -0.15) is 0 Å². The van der Waals surface area contributed by atoms with E-state index in [1.54, 1.807) is 18.3 Å². The lowest BCUT2D eigenvalue weighted by atomic mass is 10.1. The van der Waals surface area contributed by atoms with Gasteiger partial charge in [-0.3, -0.25) is 0 Å². The van der Waals surface area contributed by atoms with Crippen LogP contribution in [0.25, 0.3) is 0 Å². The number of nitrogens with zero attached hydrogens (tertiary/aromatic N) is 2. The summed E-state index contributed by atoms with van der Waals surface area (Å²) in [6.45, 7) is 2.91. The lowest BCUT2D eigenvalue weighted by Gasteiger charge is -2.17. The molecule has 1 atom stereocenters. The summed E-state index contributed by atoms with van der Waals surface area (Å²) < 4.78 is 17.6. The zero-order valence-electron chi connectivity index (χ0n) is 9.56. The SMILES string of the molecule is CCCNC(c1cnns1)c1ccccc1F. The third kappa shape index (κ3) is 2.87. The molecule has 0 aliphatic heterocycles. The molecule has 2 aromatic rings. The number of aromatic nitrogens is 2. The Hall–Kier alpha value is -1.33. The largest absolute Gasteiger partial charge is 0.305 e. The van der Waals surface area contributed by atoms with Crippen LogP contribution in [0.4, 0.5) is 4.39 Å². The van der Waals surface area contributed by atoms with Gasteiger partial charge in [0.05, 0.1) is 17.1 Å². The minimum atomic E-state index is -0.200. The normalized spacial score (nSPS) is 12.6. The van der Waals surface area contributed by atoms with E-state index >= 15 is 0 Å². The summed E-state index contributed by atoms with van der Waals surface area (Å²) in [7, 11) is 0. The van der Waals surface area contributed by atoms with Gasteiger partial charge in [-0.25, -0.2) is 4.39 Å². The Morgan fingerprint density at radius 3 is 2.88 bits per heavy atom. The lowest BCUT2D eigenvalue weighted by Crippen LogP contribution is -2.23. The second-order valence-corrected chi connectivity index (χ2v) is 4.55. The van der Waals surface area contributed by atoms with E-state index in [0.29, 0.717) is 5.56 Å². The van der Waals surface area contributed by atoms with Crippen molar-refractivity contribution < 1.29 is 4.39 Å². The number of hydrogen-bond donors (Lipinski definition) is 1. The number of halogens is 1. The zero-order valence-corrected chi connectivity index (χ0v) is 10.4. The molecule has 1 heterocycles. The molecular weight excluding hydrogens is 237 g/mol. The van der Waals surface area contributed by atoms with Crippen LogP contribution in [0.2, 0.25) is 0 Å². The highest BCUT2D eigenvalue weighted by atomic mass is 32.1. The van der Waals surface area contributed by atoms with Crippen LogP contribution in [0.3, 0.4) is 0 Å². The van der Waals surface area contributed by atoms with Gasteiger partial charge in [-0.15, -0.1) is 5.10 Å². The number of benzene rings is 1. The summed E-state index contributed by atoms with van der Waals surface area (Å²) in [5.41, 5.74) is 0.645. The molecule has 5 heteroatoms. The van der Waals surface area contributed by atoms with Crippen molar-refractivity contribution in [3.63, 3.8) is 0 Å². The molecule has 3 nitrogen and oxygen atoms in total. The molecule has 0 aliphatic rings. The van der Waals surface area contributed by atoms with Gasteiger partial charge in [-0.1, -0.05) is 29.6 Å². The molecular formula is C12H14FN3S. The van der Waals surface area contributed by atoms with Crippen LogP contribution in [-0.4, -0.2) is 16.1 Å². The van der Waals surface area contributed by atoms with E-state index in [1.807, 2.05) is 6.07 Å². The number of hydrogen-bond acceptors (Lipinski definition) is 4. The number of rotatable bonds is 5. The van der Waals surface area contributed by atoms with E-state index in [1.165, 1.54) is 17.6 Å². The van der Waals surface area contributed by atoms with Gasteiger partial charge in [0, 0.05) is 5.56 Å². The van der Waals surface area contributed by atoms with Gasteiger partial charge in [0.2, 0.25) is 0 Å². The van der Waals surface area contributed by atoms with Crippen LogP contribution < -0.4 is 5.32 Å². The monoisotopic (exact) mass is 251 g/mol. The molecule has 0 aliphatic carbocycles. The molecule has 0 saturated heterocycles. The van der Waals surface area contributed by atoms with E-state index in [0.717, 1.165) is 17.8 Å². The Bertz CT molecular complexity index is 459. The molecule has 90 valence electrons. The average Bonchev–Trinajstić information content (AvgIpc) is 2.85. The van der Waals surface area contributed by atoms with Crippen LogP contribution in [0.1, 0.15) is 29.8 Å². The minimum Gasteiger partial charge on any atom is -0.305 e. The van der Waals surface area contributed by atoms with Crippen LogP contribution in [0.15, 0.2) is 30.5 Å². The van der Waals surface area contributed by atoms with Crippen molar-refractivity contribution in [2.24, 2.45) is 0 Å². The van der Waals surface area contributed by atoms with Crippen molar-refractivity contribution in [2.75, 3.05) is 6.54 Å². The summed E-state index contributed by atoms with van der Waals surface area (Å²) in [4.78, 5) is 0.934. The maximum Gasteiger partial charge on any atom is 0.128 e. The molecule has 0 fully saturated rings. The fourth-order valence-corrected chi connectivity index (χ4v) is 2.26. The number of nitrogens with one attached hydrogen (secondary N) is 1. The van der Waals surface area contributed by atoms with E-state index in [9.17, 15) is 4.39 Å². The Kier molecular flexibility index (Phi) is 4.17. The van der Waals surface area contributed by atoms with Gasteiger partial charge in [0.15, 0.2) is 0 Å². The molecule has 0 radical (unpaired) electrons. The highest BCUT2D eigenvalue weighted by Crippen LogP contribution is 2.25. The molecule has 1 aromatic heterocycles. The van der Waals surface area contributed by atoms with Crippen LogP contribution in [0, 0.1) is 5.82 Å². The van der Waals surface area contributed by atoms with Crippen molar-refractivity contribution in [1.82, 2.24) is 14.9 Å². The Morgan fingerprint density at radius 1 is 1.41 bits per heavy atom. The van der Waals surface area contributed by atoms with E-state index in [4.69, 9.17) is 0 Å². The fraction of sp³-hybridized carbons (Fsp3) is 0.333. The maximum atomic E-state index is 13.8. The van der Waals surface area contributed by atoms with Crippen molar-refractivity contribution in [3.8, 4) is 0 Å². The molecule has 1 N–H and O–H groups in total. The molecule has 0 bridgehead atoms. The highest BCUT2D eigenvalue weighted by molar-refractivity contribution is 7.05. The molecule has 1 unspecified atom stereocenters. The quantitative estimate of drug-likeness (QED) is 0.888. The summed E-state index contributed by atoms with van der Waals surface area (Å²) in [6, 6.07) is 6.65. The minimum absolute atomic E-state index is 0.156. The lowest BCUT2D eigenvalue weighted by molar-refractivity contribution is 0.550. The van der Waals surface area contributed by atoms with Gasteiger partial charge < -0.3 is 5.32 Å². The van der Waals surface area contributed by atoms with Gasteiger partial charge in [0.25, 0.3) is 0 Å². The first-order chi connectivity index (χ1) is 8.33. The first-order valence-electron chi connectivity index (χ1n) is 5.58. The summed E-state index contributed by atoms with van der Waals surface area (Å²) in [6.07, 6.45) is 2.68. The fourth-order valence-electron chi connectivity index (χ4n) is 1.66. The van der Waals surface area contributed by atoms with Crippen molar-refractivity contribution in [3.05, 3.63) is 46.7 Å². The predicted octanol–water partition coefficient (Wildman–Crippen LogP) is 2.77. The smallest absolute Gasteiger partial charge is 0.128 e. The molecule has 17 heavy (non-hydrogen) atoms. The summed E-state index contributed by atoms with van der Waals surface area (Å²) in [5.74, 6) is -0.200. The first-order valence-corrected chi connectivity index (χ1v) is 6.35. The molecule has 0 amide bonds. The third-order valence-electron chi connectivity index (χ3n) is 2.48. The van der Waals surface area contributed by atoms with Crippen LogP contribution >= 0.6 is 11.5 Å². The predicted molar refractivity (Wildman–Crippen MR) is 66.4 cm³/mol. The second kappa shape index (κ2) is 5.84. The van der Waals surface area contributed by atoms with Crippen molar-refractivity contribution in [2.45, 2.75) is 19.4 Å². The van der Waals surface area contributed by atoms with Gasteiger partial charge >= 0.3 is 0 Å². The van der Waals surface area contributed by atoms with E-state index in [2.05, 4.69) is 21.8 Å². The van der Waals surface area contributed by atoms with Crippen molar-refractivity contribution in [1.29, 1.82) is 0 Å². The zero-order chi connectivity index (χ0) is 12.1. The first kappa shape index (κ1) is 12.1. The highest BCUT2D eigenvalue weighted by Gasteiger charge is 2.18. The van der Waals surface area contributed by atoms with Crippen LogP contribution in [0.5, 0.6) is 0 Å². The molecule has 0 saturated carbocycles. The van der Waals surface area contributed by atoms with Gasteiger partial charge in [0.1, 0.15) is 5.82 Å². The van der Waals surface area contributed by atoms with E-state index < -0.39 is 0 Å². The second-order valence-electron chi connectivity index (χ2n) is 3.73. The standard InChI is InChI=1S/C12H14FN3S/c1-2-7-14-12(11-8-15-16-17-11)9-5-3-4-6-10(9)13/h3-6,8,12,14H,2,7H2,1H3. The molecule has 1 aromatic carbocycles. The summed E-state index contributed by atoms with van der Waals surface area (Å²) in [5, 5.41) is 7.13. The maximum absolute atomic E-state index is 13.8. The van der Waals surface area contributed by atoms with Crippen LogP contribution in [-0.2, 0) is 0 Å². The molecule has 0 spiro atoms. The summed E-state index contributed by atoms with van der Waals surface area (Å²) >= 11 is 1.29. The Balaban J connectivity index is 2.30. The Labute approximate surface area is 104 Å². The topological polar surface area (TPSA) is 37.8 Å². The average molecular weight is 251 g/mol. The van der Waals surface area contributed by atoms with E-state index in [-0.39, 0.29) is 11.9 Å². The third-order valence-corrected chi connectivity index (χ3v) is 3.21. The molecule has 2 rings (SSSR count). The van der Waals surface area contributed by atoms with Gasteiger partial charge in [-0.05, 0) is 30.6 Å². The van der Waals surface area contributed by atoms with Crippen molar-refractivity contribution >= 4 is 11.5 Å².